The van der Waals surface area contributed by atoms with Gasteiger partial charge in [0.2, 0.25) is 5.91 Å². The molecule has 4 rings (SSSR count). The van der Waals surface area contributed by atoms with Crippen LogP contribution in [0, 0.1) is 0 Å². The standard InChI is InChI=1S/C21H20N4O2/c1-3-27-17-7-4-15(5-8-17)19-13-21(25(24-19)14(2)26)16-6-9-18-20(12-16)23-11-10-22-18/h4-12,21H,3,13H2,1-2H3/t21-/m1/s1. The van der Waals surface area contributed by atoms with E-state index in [0.717, 1.165) is 33.6 Å². The van der Waals surface area contributed by atoms with Crippen LogP contribution in [0.5, 0.6) is 5.75 Å². The summed E-state index contributed by atoms with van der Waals surface area (Å²) >= 11 is 0. The molecule has 2 heterocycles. The van der Waals surface area contributed by atoms with Gasteiger partial charge in [-0.3, -0.25) is 14.8 Å². The number of carbonyl (C=O) groups is 1. The summed E-state index contributed by atoms with van der Waals surface area (Å²) < 4.78 is 5.50. The first-order chi connectivity index (χ1) is 13.2. The smallest absolute Gasteiger partial charge is 0.240 e. The molecule has 136 valence electrons. The van der Waals surface area contributed by atoms with Crippen LogP contribution in [0.3, 0.4) is 0 Å². The van der Waals surface area contributed by atoms with Gasteiger partial charge in [-0.25, -0.2) is 5.01 Å². The van der Waals surface area contributed by atoms with Crippen molar-refractivity contribution in [2.24, 2.45) is 5.10 Å². The van der Waals surface area contributed by atoms with Gasteiger partial charge in [0.15, 0.2) is 0 Å². The van der Waals surface area contributed by atoms with Crippen molar-refractivity contribution in [2.45, 2.75) is 26.3 Å². The summed E-state index contributed by atoms with van der Waals surface area (Å²) in [6, 6.07) is 13.6. The molecule has 1 amide bonds. The summed E-state index contributed by atoms with van der Waals surface area (Å²) in [6.45, 7) is 4.13. The highest BCUT2D eigenvalue weighted by molar-refractivity contribution is 6.03. The molecule has 0 aliphatic carbocycles. The van der Waals surface area contributed by atoms with Crippen LogP contribution in [-0.2, 0) is 4.79 Å². The van der Waals surface area contributed by atoms with Gasteiger partial charge in [0.1, 0.15) is 5.75 Å². The summed E-state index contributed by atoms with van der Waals surface area (Å²) in [6.07, 6.45) is 4.00. The number of benzene rings is 2. The highest BCUT2D eigenvalue weighted by atomic mass is 16.5. The molecule has 6 nitrogen and oxygen atoms in total. The van der Waals surface area contributed by atoms with Crippen LogP contribution < -0.4 is 4.74 Å². The lowest BCUT2D eigenvalue weighted by molar-refractivity contribution is -0.130. The molecule has 1 aromatic heterocycles. The average Bonchev–Trinajstić information content (AvgIpc) is 3.14. The van der Waals surface area contributed by atoms with E-state index in [1.54, 1.807) is 24.3 Å². The van der Waals surface area contributed by atoms with Crippen molar-refractivity contribution >= 4 is 22.7 Å². The maximum atomic E-state index is 12.2. The van der Waals surface area contributed by atoms with Crippen LogP contribution in [-0.4, -0.2) is 33.2 Å². The van der Waals surface area contributed by atoms with Crippen molar-refractivity contribution < 1.29 is 9.53 Å². The molecule has 0 spiro atoms. The van der Waals surface area contributed by atoms with E-state index >= 15 is 0 Å². The fraction of sp³-hybridized carbons (Fsp3) is 0.238. The monoisotopic (exact) mass is 360 g/mol. The second kappa shape index (κ2) is 7.15. The largest absolute Gasteiger partial charge is 0.494 e. The normalized spacial score (nSPS) is 16.4. The first kappa shape index (κ1) is 17.1. The minimum atomic E-state index is -0.143. The van der Waals surface area contributed by atoms with E-state index in [1.165, 1.54) is 0 Å². The minimum absolute atomic E-state index is 0.0832. The van der Waals surface area contributed by atoms with Crippen molar-refractivity contribution in [2.75, 3.05) is 6.61 Å². The van der Waals surface area contributed by atoms with Gasteiger partial charge in [-0.15, -0.1) is 0 Å². The fourth-order valence-corrected chi connectivity index (χ4v) is 3.33. The van der Waals surface area contributed by atoms with Gasteiger partial charge >= 0.3 is 0 Å². The Bertz CT molecular complexity index is 1010. The lowest BCUT2D eigenvalue weighted by atomic mass is 9.98. The zero-order valence-corrected chi connectivity index (χ0v) is 15.3. The second-order valence-electron chi connectivity index (χ2n) is 6.39. The molecule has 6 heteroatoms. The van der Waals surface area contributed by atoms with Gasteiger partial charge in [0.05, 0.1) is 29.4 Å². The molecule has 1 aliphatic rings. The van der Waals surface area contributed by atoms with Crippen LogP contribution >= 0.6 is 0 Å². The Morgan fingerprint density at radius 3 is 2.56 bits per heavy atom. The zero-order valence-electron chi connectivity index (χ0n) is 15.3. The maximum absolute atomic E-state index is 12.2. The van der Waals surface area contributed by atoms with Gasteiger partial charge in [-0.05, 0) is 54.4 Å². The van der Waals surface area contributed by atoms with Gasteiger partial charge in [0, 0.05) is 25.7 Å². The first-order valence-electron chi connectivity index (χ1n) is 8.97. The lowest BCUT2D eigenvalue weighted by Gasteiger charge is -2.20. The molecule has 27 heavy (non-hydrogen) atoms. The molecular formula is C21H20N4O2. The Kier molecular flexibility index (Phi) is 4.54. The Labute approximate surface area is 157 Å². The number of rotatable bonds is 4. The highest BCUT2D eigenvalue weighted by Gasteiger charge is 2.31. The van der Waals surface area contributed by atoms with Crippen molar-refractivity contribution in [3.05, 3.63) is 66.0 Å². The van der Waals surface area contributed by atoms with Gasteiger partial charge < -0.3 is 4.74 Å². The molecule has 0 bridgehead atoms. The Morgan fingerprint density at radius 1 is 1.11 bits per heavy atom. The van der Waals surface area contributed by atoms with E-state index in [1.807, 2.05) is 49.4 Å². The number of fused-ring (bicyclic) bond motifs is 1. The molecule has 1 aliphatic heterocycles. The molecule has 1 atom stereocenters. The number of aromatic nitrogens is 2. The summed E-state index contributed by atoms with van der Waals surface area (Å²) in [5.74, 6) is 0.744. The van der Waals surface area contributed by atoms with E-state index < -0.39 is 0 Å². The molecule has 0 unspecified atom stereocenters. The zero-order chi connectivity index (χ0) is 18.8. The maximum Gasteiger partial charge on any atom is 0.240 e. The number of hydrogen-bond donors (Lipinski definition) is 0. The predicted octanol–water partition coefficient (Wildman–Crippen LogP) is 3.73. The molecule has 0 radical (unpaired) electrons. The second-order valence-corrected chi connectivity index (χ2v) is 6.39. The van der Waals surface area contributed by atoms with Crippen LogP contribution in [0.25, 0.3) is 11.0 Å². The van der Waals surface area contributed by atoms with Crippen LogP contribution in [0.2, 0.25) is 0 Å². The van der Waals surface area contributed by atoms with Crippen LogP contribution in [0.4, 0.5) is 0 Å². The van der Waals surface area contributed by atoms with E-state index in [9.17, 15) is 4.79 Å². The predicted molar refractivity (Wildman–Crippen MR) is 104 cm³/mol. The Hall–Kier alpha value is -3.28. The molecule has 0 saturated carbocycles. The average molecular weight is 360 g/mol. The molecular weight excluding hydrogens is 340 g/mol. The first-order valence-corrected chi connectivity index (χ1v) is 8.97. The summed E-state index contributed by atoms with van der Waals surface area (Å²) in [7, 11) is 0. The van der Waals surface area contributed by atoms with E-state index in [-0.39, 0.29) is 11.9 Å². The number of hydrazone groups is 1. The molecule has 0 N–H and O–H groups in total. The topological polar surface area (TPSA) is 67.7 Å². The van der Waals surface area contributed by atoms with E-state index in [0.29, 0.717) is 13.0 Å². The summed E-state index contributed by atoms with van der Waals surface area (Å²) in [5.41, 5.74) is 4.53. The van der Waals surface area contributed by atoms with Crippen molar-refractivity contribution in [1.82, 2.24) is 15.0 Å². The van der Waals surface area contributed by atoms with Crippen molar-refractivity contribution in [1.29, 1.82) is 0 Å². The third-order valence-corrected chi connectivity index (χ3v) is 4.61. The van der Waals surface area contributed by atoms with Crippen LogP contribution in [0.1, 0.15) is 37.4 Å². The van der Waals surface area contributed by atoms with E-state index in [2.05, 4.69) is 15.1 Å². The lowest BCUT2D eigenvalue weighted by Crippen LogP contribution is -2.24. The van der Waals surface area contributed by atoms with Crippen molar-refractivity contribution in [3.63, 3.8) is 0 Å². The Morgan fingerprint density at radius 2 is 1.85 bits per heavy atom. The van der Waals surface area contributed by atoms with Gasteiger partial charge in [-0.1, -0.05) is 6.07 Å². The third kappa shape index (κ3) is 3.38. The highest BCUT2D eigenvalue weighted by Crippen LogP contribution is 2.34. The summed E-state index contributed by atoms with van der Waals surface area (Å²) in [4.78, 5) is 20.9. The number of ether oxygens (including phenoxy) is 1. The number of nitrogens with zero attached hydrogens (tertiary/aromatic N) is 4. The summed E-state index contributed by atoms with van der Waals surface area (Å²) in [5, 5.41) is 6.15. The van der Waals surface area contributed by atoms with Crippen LogP contribution in [0.15, 0.2) is 60.0 Å². The van der Waals surface area contributed by atoms with Gasteiger partial charge in [-0.2, -0.15) is 5.10 Å². The quantitative estimate of drug-likeness (QED) is 0.711. The van der Waals surface area contributed by atoms with E-state index in [4.69, 9.17) is 4.74 Å². The van der Waals surface area contributed by atoms with Gasteiger partial charge in [0.25, 0.3) is 0 Å². The SMILES string of the molecule is CCOc1ccc(C2=NN(C(C)=O)[C@@H](c3ccc4nccnc4c3)C2)cc1. The molecule has 0 fully saturated rings. The number of hydrogen-bond acceptors (Lipinski definition) is 5. The minimum Gasteiger partial charge on any atom is -0.494 e. The molecule has 2 aromatic carbocycles. The fourth-order valence-electron chi connectivity index (χ4n) is 3.33. The molecule has 0 saturated heterocycles. The number of carbonyl (C=O) groups excluding carboxylic acids is 1. The van der Waals surface area contributed by atoms with Crippen molar-refractivity contribution in [3.8, 4) is 5.75 Å². The third-order valence-electron chi connectivity index (χ3n) is 4.61. The Balaban J connectivity index is 1.65. The number of amides is 1. The molecule has 3 aromatic rings.